The molecule has 17 heavy (non-hydrogen) atoms. The second-order valence-corrected chi connectivity index (χ2v) is 4.22. The highest BCUT2D eigenvalue weighted by atomic mass is 16.3. The number of nitrogens with two attached hydrogens (primary N) is 1. The number of aliphatic hydroxyl groups is 1. The predicted molar refractivity (Wildman–Crippen MR) is 60.9 cm³/mol. The van der Waals surface area contributed by atoms with Crippen LogP contribution >= 0.6 is 0 Å². The van der Waals surface area contributed by atoms with Crippen LogP contribution in [0.15, 0.2) is 6.33 Å². The van der Waals surface area contributed by atoms with E-state index in [0.717, 1.165) is 19.3 Å². The molecule has 0 aliphatic carbocycles. The molecule has 94 valence electrons. The largest absolute Gasteiger partial charge is 0.394 e. The predicted octanol–water partition coefficient (Wildman–Crippen LogP) is -0.766. The Kier molecular flexibility index (Phi) is 3.58. The first-order chi connectivity index (χ1) is 8.20. The fraction of sp³-hybridized carbons (Fsp3) is 0.700. The molecule has 2 heterocycles. The zero-order valence-electron chi connectivity index (χ0n) is 9.62. The number of piperidine rings is 1. The van der Waals surface area contributed by atoms with Crippen LogP contribution in [-0.4, -0.2) is 49.9 Å². The summed E-state index contributed by atoms with van der Waals surface area (Å²) in [6, 6.07) is -0.0582. The highest BCUT2D eigenvalue weighted by molar-refractivity contribution is 5.76. The van der Waals surface area contributed by atoms with Gasteiger partial charge in [0.25, 0.3) is 0 Å². The number of nitrogens with zero attached hydrogens (tertiary/aromatic N) is 4. The second-order valence-electron chi connectivity index (χ2n) is 4.22. The molecule has 0 bridgehead atoms. The van der Waals surface area contributed by atoms with E-state index in [1.54, 1.807) is 4.90 Å². The number of amides is 1. The topological polar surface area (TPSA) is 97.3 Å². The number of anilines is 1. The third-order valence-corrected chi connectivity index (χ3v) is 3.01. The van der Waals surface area contributed by atoms with Gasteiger partial charge >= 0.3 is 0 Å². The number of nitrogen functional groups attached to an aromatic ring is 1. The monoisotopic (exact) mass is 239 g/mol. The maximum atomic E-state index is 12.0. The van der Waals surface area contributed by atoms with Crippen LogP contribution in [-0.2, 0) is 11.3 Å². The van der Waals surface area contributed by atoms with Gasteiger partial charge in [0.15, 0.2) is 0 Å². The van der Waals surface area contributed by atoms with E-state index < -0.39 is 0 Å². The van der Waals surface area contributed by atoms with E-state index in [1.165, 1.54) is 11.0 Å². The number of carbonyl (C=O) groups is 1. The van der Waals surface area contributed by atoms with E-state index >= 15 is 0 Å². The van der Waals surface area contributed by atoms with E-state index in [-0.39, 0.29) is 31.0 Å². The summed E-state index contributed by atoms with van der Waals surface area (Å²) in [4.78, 5) is 17.5. The molecule has 1 aliphatic rings. The SMILES string of the molecule is Nc1ncn(CC(=O)N2CCCCC2CO)n1. The summed E-state index contributed by atoms with van der Waals surface area (Å²) in [5, 5.41) is 13.1. The molecule has 1 aromatic heterocycles. The number of carbonyl (C=O) groups excluding carboxylic acids is 1. The van der Waals surface area contributed by atoms with Crippen molar-refractivity contribution in [2.45, 2.75) is 31.8 Å². The number of rotatable bonds is 3. The van der Waals surface area contributed by atoms with Crippen molar-refractivity contribution < 1.29 is 9.90 Å². The zero-order chi connectivity index (χ0) is 12.3. The quantitative estimate of drug-likeness (QED) is 0.722. The Hall–Kier alpha value is -1.63. The molecule has 1 aliphatic heterocycles. The van der Waals surface area contributed by atoms with Gasteiger partial charge in [-0.3, -0.25) is 4.79 Å². The van der Waals surface area contributed by atoms with Gasteiger partial charge in [-0.2, -0.15) is 0 Å². The number of hydrogen-bond acceptors (Lipinski definition) is 5. The van der Waals surface area contributed by atoms with Gasteiger partial charge in [-0.15, -0.1) is 5.10 Å². The summed E-state index contributed by atoms with van der Waals surface area (Å²) in [5.41, 5.74) is 5.38. The van der Waals surface area contributed by atoms with E-state index in [0.29, 0.717) is 6.54 Å². The van der Waals surface area contributed by atoms with Crippen LogP contribution in [0.4, 0.5) is 5.95 Å². The van der Waals surface area contributed by atoms with Crippen LogP contribution < -0.4 is 5.73 Å². The number of aliphatic hydroxyl groups excluding tert-OH is 1. The Morgan fingerprint density at radius 1 is 1.59 bits per heavy atom. The number of likely N-dealkylation sites (tertiary alicyclic amines) is 1. The zero-order valence-corrected chi connectivity index (χ0v) is 9.62. The molecule has 1 aromatic rings. The molecule has 7 nitrogen and oxygen atoms in total. The molecule has 1 fully saturated rings. The normalized spacial score (nSPS) is 20.5. The van der Waals surface area contributed by atoms with Crippen molar-refractivity contribution in [3.8, 4) is 0 Å². The van der Waals surface area contributed by atoms with Crippen LogP contribution in [0.5, 0.6) is 0 Å². The van der Waals surface area contributed by atoms with Crippen molar-refractivity contribution >= 4 is 11.9 Å². The Morgan fingerprint density at radius 2 is 2.41 bits per heavy atom. The minimum atomic E-state index is -0.0582. The molecule has 0 spiro atoms. The molecule has 3 N–H and O–H groups in total. The molecular weight excluding hydrogens is 222 g/mol. The average molecular weight is 239 g/mol. The summed E-state index contributed by atoms with van der Waals surface area (Å²) < 4.78 is 1.42. The Balaban J connectivity index is 1.98. The lowest BCUT2D eigenvalue weighted by Crippen LogP contribution is -2.46. The Labute approximate surface area is 99.2 Å². The first kappa shape index (κ1) is 11.8. The smallest absolute Gasteiger partial charge is 0.244 e. The summed E-state index contributed by atoms with van der Waals surface area (Å²) in [5.74, 6) is 0.115. The maximum Gasteiger partial charge on any atom is 0.244 e. The minimum absolute atomic E-state index is 0.0191. The molecule has 0 saturated carbocycles. The lowest BCUT2D eigenvalue weighted by molar-refractivity contribution is -0.136. The van der Waals surface area contributed by atoms with Gasteiger partial charge in [-0.05, 0) is 19.3 Å². The summed E-state index contributed by atoms with van der Waals surface area (Å²) in [6.07, 6.45) is 4.35. The molecule has 2 rings (SSSR count). The van der Waals surface area contributed by atoms with Crippen molar-refractivity contribution in [3.05, 3.63) is 6.33 Å². The van der Waals surface area contributed by atoms with E-state index in [1.807, 2.05) is 0 Å². The summed E-state index contributed by atoms with van der Waals surface area (Å²) >= 11 is 0. The van der Waals surface area contributed by atoms with Crippen LogP contribution in [0.2, 0.25) is 0 Å². The summed E-state index contributed by atoms with van der Waals surface area (Å²) in [6.45, 7) is 0.847. The van der Waals surface area contributed by atoms with Gasteiger partial charge in [-0.1, -0.05) is 0 Å². The summed E-state index contributed by atoms with van der Waals surface area (Å²) in [7, 11) is 0. The van der Waals surface area contributed by atoms with Crippen LogP contribution in [0.3, 0.4) is 0 Å². The fourth-order valence-corrected chi connectivity index (χ4v) is 2.13. The van der Waals surface area contributed by atoms with Gasteiger partial charge in [0.05, 0.1) is 12.6 Å². The minimum Gasteiger partial charge on any atom is -0.394 e. The van der Waals surface area contributed by atoms with Gasteiger partial charge < -0.3 is 15.7 Å². The Bertz CT molecular complexity index is 392. The third-order valence-electron chi connectivity index (χ3n) is 3.01. The molecule has 0 aromatic carbocycles. The van der Waals surface area contributed by atoms with Gasteiger partial charge in [-0.25, -0.2) is 9.67 Å². The lowest BCUT2D eigenvalue weighted by atomic mass is 10.0. The standard InChI is InChI=1S/C10H17N5O2/c11-10-12-7-14(13-10)5-9(17)15-4-2-1-3-8(15)6-16/h7-8,16H,1-6H2,(H2,11,13). The lowest BCUT2D eigenvalue weighted by Gasteiger charge is -2.34. The fourth-order valence-electron chi connectivity index (χ4n) is 2.13. The maximum absolute atomic E-state index is 12.0. The van der Waals surface area contributed by atoms with Crippen molar-refractivity contribution in [2.75, 3.05) is 18.9 Å². The van der Waals surface area contributed by atoms with E-state index in [2.05, 4.69) is 10.1 Å². The molecule has 1 amide bonds. The van der Waals surface area contributed by atoms with Crippen LogP contribution in [0.25, 0.3) is 0 Å². The van der Waals surface area contributed by atoms with Crippen molar-refractivity contribution in [1.82, 2.24) is 19.7 Å². The molecular formula is C10H17N5O2. The molecule has 7 heteroatoms. The number of aromatic nitrogens is 3. The van der Waals surface area contributed by atoms with Gasteiger partial charge in [0.1, 0.15) is 12.9 Å². The molecule has 0 radical (unpaired) electrons. The first-order valence-electron chi connectivity index (χ1n) is 5.76. The van der Waals surface area contributed by atoms with Gasteiger partial charge in [0, 0.05) is 6.54 Å². The highest BCUT2D eigenvalue weighted by Gasteiger charge is 2.26. The molecule has 1 unspecified atom stereocenters. The first-order valence-corrected chi connectivity index (χ1v) is 5.76. The number of hydrogen-bond donors (Lipinski definition) is 2. The van der Waals surface area contributed by atoms with Crippen LogP contribution in [0.1, 0.15) is 19.3 Å². The average Bonchev–Trinajstić information content (AvgIpc) is 2.74. The van der Waals surface area contributed by atoms with Crippen molar-refractivity contribution in [2.24, 2.45) is 0 Å². The third kappa shape index (κ3) is 2.73. The second kappa shape index (κ2) is 5.13. The van der Waals surface area contributed by atoms with Crippen LogP contribution in [0, 0.1) is 0 Å². The Morgan fingerprint density at radius 3 is 3.06 bits per heavy atom. The van der Waals surface area contributed by atoms with Crippen molar-refractivity contribution in [3.63, 3.8) is 0 Å². The van der Waals surface area contributed by atoms with Gasteiger partial charge in [0.2, 0.25) is 11.9 Å². The van der Waals surface area contributed by atoms with Crippen molar-refractivity contribution in [1.29, 1.82) is 0 Å². The van der Waals surface area contributed by atoms with E-state index in [9.17, 15) is 9.90 Å². The molecule has 1 saturated heterocycles. The van der Waals surface area contributed by atoms with E-state index in [4.69, 9.17) is 5.73 Å². The molecule has 1 atom stereocenters. The highest BCUT2D eigenvalue weighted by Crippen LogP contribution is 2.16.